The first-order valence-electron chi connectivity index (χ1n) is 8.94. The molecule has 25 heavy (non-hydrogen) atoms. The fourth-order valence-corrected chi connectivity index (χ4v) is 5.91. The van der Waals surface area contributed by atoms with Crippen molar-refractivity contribution in [3.8, 4) is 0 Å². The Morgan fingerprint density at radius 3 is 2.68 bits per heavy atom. The van der Waals surface area contributed by atoms with Crippen LogP contribution in [0.1, 0.15) is 45.6 Å². The maximum atomic E-state index is 14.1. The van der Waals surface area contributed by atoms with E-state index in [-0.39, 0.29) is 28.3 Å². The predicted molar refractivity (Wildman–Crippen MR) is 96.8 cm³/mol. The number of hydrogen-bond donors (Lipinski definition) is 0. The third-order valence-electron chi connectivity index (χ3n) is 5.53. The average molecular weight is 362 g/mol. The Bertz CT molecular complexity index is 762. The molecule has 2 aliphatic heterocycles. The van der Waals surface area contributed by atoms with Gasteiger partial charge in [0.2, 0.25) is 5.91 Å². The Morgan fingerprint density at radius 1 is 1.36 bits per heavy atom. The molecule has 4 rings (SSSR count). The van der Waals surface area contributed by atoms with Crippen molar-refractivity contribution in [3.05, 3.63) is 29.6 Å². The van der Waals surface area contributed by atoms with Gasteiger partial charge in [-0.1, -0.05) is 6.42 Å². The van der Waals surface area contributed by atoms with Crippen LogP contribution in [-0.4, -0.2) is 34.6 Å². The van der Waals surface area contributed by atoms with Crippen LogP contribution in [0.4, 0.5) is 10.1 Å². The Morgan fingerprint density at radius 2 is 2.08 bits per heavy atom. The number of anilines is 1. The molecular formula is C19H23FN2O2S. The fraction of sp³-hybridized carbons (Fsp3) is 0.579. The van der Waals surface area contributed by atoms with Crippen molar-refractivity contribution in [2.24, 2.45) is 5.92 Å². The summed E-state index contributed by atoms with van der Waals surface area (Å²) in [4.78, 5) is 28.9. The molecule has 1 aromatic carbocycles. The van der Waals surface area contributed by atoms with Crippen LogP contribution in [0.3, 0.4) is 0 Å². The largest absolute Gasteiger partial charge is 0.314 e. The van der Waals surface area contributed by atoms with Crippen LogP contribution < -0.4 is 4.90 Å². The lowest BCUT2D eigenvalue weighted by Gasteiger charge is -2.37. The smallest absolute Gasteiger partial charge is 0.268 e. The van der Waals surface area contributed by atoms with Gasteiger partial charge in [0.05, 0.1) is 5.69 Å². The lowest BCUT2D eigenvalue weighted by atomic mass is 9.83. The highest BCUT2D eigenvalue weighted by atomic mass is 32.2. The van der Waals surface area contributed by atoms with E-state index in [0.29, 0.717) is 18.7 Å². The van der Waals surface area contributed by atoms with Crippen molar-refractivity contribution in [1.29, 1.82) is 0 Å². The van der Waals surface area contributed by atoms with E-state index in [1.54, 1.807) is 15.9 Å². The second-order valence-corrected chi connectivity index (χ2v) is 9.67. The number of fused-ring (bicyclic) bond motifs is 2. The zero-order valence-electron chi connectivity index (χ0n) is 14.8. The molecule has 1 unspecified atom stereocenters. The monoisotopic (exact) mass is 362 g/mol. The number of benzene rings is 1. The Labute approximate surface area is 151 Å². The molecule has 2 heterocycles. The number of carbonyl (C=O) groups excluding carboxylic acids is 2. The fourth-order valence-electron chi connectivity index (χ4n) is 4.18. The zero-order chi connectivity index (χ0) is 18.0. The molecule has 0 N–H and O–H groups in total. The molecule has 0 radical (unpaired) electrons. The van der Waals surface area contributed by atoms with Crippen molar-refractivity contribution >= 4 is 29.3 Å². The Hall–Kier alpha value is -1.56. The Balaban J connectivity index is 1.89. The van der Waals surface area contributed by atoms with Gasteiger partial charge in [-0.05, 0) is 51.8 Å². The standard InChI is InChI=1S/C19H23FN2O2S/c1-4-21-15-9-8-13(20)10-14(15)19(17(21)24)22(11-18(2,3)25-19)16(23)12-6-5-7-12/h8-10,12H,4-7,11H2,1-3H3. The minimum atomic E-state index is -1.12. The minimum Gasteiger partial charge on any atom is -0.314 e. The van der Waals surface area contributed by atoms with Crippen LogP contribution >= 0.6 is 11.8 Å². The lowest BCUT2D eigenvalue weighted by Crippen LogP contribution is -2.53. The molecule has 134 valence electrons. The van der Waals surface area contributed by atoms with Crippen molar-refractivity contribution in [1.82, 2.24) is 4.90 Å². The molecule has 0 bridgehead atoms. The highest BCUT2D eigenvalue weighted by Crippen LogP contribution is 2.60. The van der Waals surface area contributed by atoms with Crippen LogP contribution in [0.15, 0.2) is 18.2 Å². The summed E-state index contributed by atoms with van der Waals surface area (Å²) in [6.07, 6.45) is 2.84. The van der Waals surface area contributed by atoms with Gasteiger partial charge in [-0.25, -0.2) is 4.39 Å². The van der Waals surface area contributed by atoms with E-state index < -0.39 is 4.87 Å². The zero-order valence-corrected chi connectivity index (χ0v) is 15.7. The average Bonchev–Trinajstić information content (AvgIpc) is 2.91. The van der Waals surface area contributed by atoms with Gasteiger partial charge in [0.25, 0.3) is 5.91 Å². The van der Waals surface area contributed by atoms with Crippen molar-refractivity contribution in [2.75, 3.05) is 18.0 Å². The molecule has 3 aliphatic rings. The van der Waals surface area contributed by atoms with E-state index in [2.05, 4.69) is 0 Å². The second-order valence-electron chi connectivity index (χ2n) is 7.77. The van der Waals surface area contributed by atoms with Gasteiger partial charge < -0.3 is 9.80 Å². The molecular weight excluding hydrogens is 339 g/mol. The third kappa shape index (κ3) is 2.26. The first-order chi connectivity index (χ1) is 11.8. The molecule has 1 aromatic rings. The summed E-state index contributed by atoms with van der Waals surface area (Å²) < 4.78 is 13.8. The quantitative estimate of drug-likeness (QED) is 0.808. The summed E-state index contributed by atoms with van der Waals surface area (Å²) in [5.74, 6) is -0.429. The number of rotatable bonds is 2. The molecule has 4 nitrogen and oxygen atoms in total. The van der Waals surface area contributed by atoms with E-state index in [1.807, 2.05) is 20.8 Å². The topological polar surface area (TPSA) is 40.6 Å². The first-order valence-corrected chi connectivity index (χ1v) is 9.75. The number of hydrogen-bond acceptors (Lipinski definition) is 3. The molecule has 1 atom stereocenters. The summed E-state index contributed by atoms with van der Waals surface area (Å²) in [6, 6.07) is 4.49. The summed E-state index contributed by atoms with van der Waals surface area (Å²) in [5, 5.41) is 0. The summed E-state index contributed by atoms with van der Waals surface area (Å²) in [7, 11) is 0. The van der Waals surface area contributed by atoms with Gasteiger partial charge in [0.1, 0.15) is 5.82 Å². The Kier molecular flexibility index (Phi) is 3.69. The molecule has 1 saturated carbocycles. The van der Waals surface area contributed by atoms with Crippen molar-refractivity contribution in [2.45, 2.75) is 49.7 Å². The molecule has 0 aromatic heterocycles. The molecule has 1 saturated heterocycles. The van der Waals surface area contributed by atoms with E-state index in [1.165, 1.54) is 23.9 Å². The van der Waals surface area contributed by atoms with E-state index in [4.69, 9.17) is 0 Å². The lowest BCUT2D eigenvalue weighted by molar-refractivity contribution is -0.146. The number of thioether (sulfide) groups is 1. The van der Waals surface area contributed by atoms with Gasteiger partial charge in [-0.3, -0.25) is 9.59 Å². The van der Waals surface area contributed by atoms with Crippen LogP contribution in [0.25, 0.3) is 0 Å². The van der Waals surface area contributed by atoms with Gasteiger partial charge in [0.15, 0.2) is 4.87 Å². The van der Waals surface area contributed by atoms with Gasteiger partial charge >= 0.3 is 0 Å². The summed E-state index contributed by atoms with van der Waals surface area (Å²) in [6.45, 7) is 7.02. The SMILES string of the molecule is CCN1C(=O)C2(SC(C)(C)CN2C(=O)C2CCC2)c2cc(F)ccc21. The number of halogens is 1. The molecule has 1 aliphatic carbocycles. The highest BCUT2D eigenvalue weighted by molar-refractivity contribution is 8.02. The first kappa shape index (κ1) is 16.9. The summed E-state index contributed by atoms with van der Waals surface area (Å²) >= 11 is 1.49. The number of amides is 2. The summed E-state index contributed by atoms with van der Waals surface area (Å²) in [5.41, 5.74) is 1.35. The maximum Gasteiger partial charge on any atom is 0.268 e. The van der Waals surface area contributed by atoms with Gasteiger partial charge in [-0.2, -0.15) is 0 Å². The minimum absolute atomic E-state index is 0.00635. The van der Waals surface area contributed by atoms with Gasteiger partial charge in [0, 0.05) is 29.3 Å². The molecule has 1 spiro atoms. The number of nitrogens with zero attached hydrogens (tertiary/aromatic N) is 2. The van der Waals surface area contributed by atoms with Crippen LogP contribution in [-0.2, 0) is 14.5 Å². The van der Waals surface area contributed by atoms with Gasteiger partial charge in [-0.15, -0.1) is 11.8 Å². The van der Waals surface area contributed by atoms with E-state index >= 15 is 0 Å². The number of likely N-dealkylation sites (N-methyl/N-ethyl adjacent to an activating group) is 1. The predicted octanol–water partition coefficient (Wildman–Crippen LogP) is 3.50. The van der Waals surface area contributed by atoms with Crippen LogP contribution in [0, 0.1) is 11.7 Å². The molecule has 2 amide bonds. The maximum absolute atomic E-state index is 14.1. The van der Waals surface area contributed by atoms with Crippen molar-refractivity contribution < 1.29 is 14.0 Å². The van der Waals surface area contributed by atoms with E-state index in [9.17, 15) is 14.0 Å². The highest BCUT2D eigenvalue weighted by Gasteiger charge is 2.64. The third-order valence-corrected chi connectivity index (χ3v) is 7.12. The van der Waals surface area contributed by atoms with E-state index in [0.717, 1.165) is 24.9 Å². The molecule has 6 heteroatoms. The van der Waals surface area contributed by atoms with Crippen LogP contribution in [0.2, 0.25) is 0 Å². The number of carbonyl (C=O) groups is 2. The van der Waals surface area contributed by atoms with Crippen molar-refractivity contribution in [3.63, 3.8) is 0 Å². The molecule has 2 fully saturated rings. The normalized spacial score (nSPS) is 27.8. The van der Waals surface area contributed by atoms with Crippen LogP contribution in [0.5, 0.6) is 0 Å². The second kappa shape index (κ2) is 5.47.